The largest absolute Gasteiger partial charge is 0.303 e. The summed E-state index contributed by atoms with van der Waals surface area (Å²) in [6.45, 7) is 9.58. The number of thiophene rings is 1. The molecule has 0 aliphatic rings. The lowest BCUT2D eigenvalue weighted by atomic mass is 10.1. The van der Waals surface area contributed by atoms with Crippen LogP contribution in [0.1, 0.15) is 48.2 Å². The summed E-state index contributed by atoms with van der Waals surface area (Å²) in [6.07, 6.45) is 4.07. The molecule has 2 heterocycles. The minimum atomic E-state index is 0.322. The summed E-state index contributed by atoms with van der Waals surface area (Å²) >= 11 is 1.86. The summed E-state index contributed by atoms with van der Waals surface area (Å²) < 4.78 is 1.97. The average Bonchev–Trinajstić information content (AvgIpc) is 2.97. The molecule has 0 aliphatic heterocycles. The normalized spacial score (nSPS) is 14.7. The van der Waals surface area contributed by atoms with Crippen LogP contribution in [-0.2, 0) is 6.54 Å². The lowest BCUT2D eigenvalue weighted by Crippen LogP contribution is -2.21. The van der Waals surface area contributed by atoms with Gasteiger partial charge in [0, 0.05) is 40.1 Å². The van der Waals surface area contributed by atoms with E-state index in [0.29, 0.717) is 12.1 Å². The molecule has 0 amide bonds. The fraction of sp³-hybridized carbons (Fsp3) is 0.500. The molecule has 4 heteroatoms. The number of nitrogens with one attached hydrogen (secondary N) is 1. The maximum Gasteiger partial charge on any atom is 0.0537 e. The van der Waals surface area contributed by atoms with E-state index in [-0.39, 0.29) is 0 Å². The Morgan fingerprint density at radius 1 is 1.33 bits per heavy atom. The Kier molecular flexibility index (Phi) is 4.19. The topological polar surface area (TPSA) is 29.9 Å². The second-order valence-electron chi connectivity index (χ2n) is 4.69. The summed E-state index contributed by atoms with van der Waals surface area (Å²) in [5.74, 6) is 0. The molecule has 0 aliphatic carbocycles. The first-order chi connectivity index (χ1) is 8.60. The van der Waals surface area contributed by atoms with Crippen molar-refractivity contribution in [3.8, 4) is 0 Å². The van der Waals surface area contributed by atoms with Gasteiger partial charge < -0.3 is 5.32 Å². The maximum atomic E-state index is 4.32. The van der Waals surface area contributed by atoms with Crippen molar-refractivity contribution in [1.82, 2.24) is 15.1 Å². The van der Waals surface area contributed by atoms with Gasteiger partial charge in [-0.05, 0) is 39.8 Å². The Morgan fingerprint density at radius 3 is 2.67 bits per heavy atom. The number of hydrogen-bond acceptors (Lipinski definition) is 3. The van der Waals surface area contributed by atoms with Gasteiger partial charge in [0.25, 0.3) is 0 Å². The number of aryl methyl sites for hydroxylation is 2. The maximum absolute atomic E-state index is 4.32. The van der Waals surface area contributed by atoms with Crippen LogP contribution in [-0.4, -0.2) is 9.78 Å². The lowest BCUT2D eigenvalue weighted by molar-refractivity contribution is 0.499. The van der Waals surface area contributed by atoms with Gasteiger partial charge in [0.1, 0.15) is 0 Å². The molecule has 0 radical (unpaired) electrons. The minimum absolute atomic E-state index is 0.322. The van der Waals surface area contributed by atoms with E-state index in [1.807, 2.05) is 22.2 Å². The van der Waals surface area contributed by atoms with E-state index >= 15 is 0 Å². The Bertz CT molecular complexity index is 501. The molecule has 2 atom stereocenters. The monoisotopic (exact) mass is 263 g/mol. The number of rotatable bonds is 5. The lowest BCUT2D eigenvalue weighted by Gasteiger charge is -2.18. The van der Waals surface area contributed by atoms with Crippen molar-refractivity contribution >= 4 is 11.3 Å². The van der Waals surface area contributed by atoms with Gasteiger partial charge in [0.2, 0.25) is 0 Å². The van der Waals surface area contributed by atoms with Crippen LogP contribution in [0, 0.1) is 6.92 Å². The highest BCUT2D eigenvalue weighted by atomic mass is 32.1. The third-order valence-corrected chi connectivity index (χ3v) is 4.35. The van der Waals surface area contributed by atoms with Crippen LogP contribution in [0.3, 0.4) is 0 Å². The predicted octanol–water partition coefficient (Wildman–Crippen LogP) is 3.68. The first-order valence-corrected chi connectivity index (χ1v) is 7.26. The number of hydrogen-bond donors (Lipinski definition) is 1. The fourth-order valence-electron chi connectivity index (χ4n) is 2.02. The summed E-state index contributed by atoms with van der Waals surface area (Å²) in [5.41, 5.74) is 1.25. The minimum Gasteiger partial charge on any atom is -0.303 e. The van der Waals surface area contributed by atoms with E-state index in [0.717, 1.165) is 6.54 Å². The molecule has 2 unspecified atom stereocenters. The van der Waals surface area contributed by atoms with Gasteiger partial charge in [-0.15, -0.1) is 11.3 Å². The molecule has 0 fully saturated rings. The second kappa shape index (κ2) is 5.67. The van der Waals surface area contributed by atoms with Crippen LogP contribution in [0.2, 0.25) is 0 Å². The van der Waals surface area contributed by atoms with Crippen molar-refractivity contribution in [2.24, 2.45) is 0 Å². The van der Waals surface area contributed by atoms with Crippen LogP contribution in [0.15, 0.2) is 24.5 Å². The van der Waals surface area contributed by atoms with Gasteiger partial charge in [-0.1, -0.05) is 0 Å². The van der Waals surface area contributed by atoms with Gasteiger partial charge in [-0.3, -0.25) is 4.68 Å². The number of aromatic nitrogens is 2. The van der Waals surface area contributed by atoms with E-state index < -0.39 is 0 Å². The van der Waals surface area contributed by atoms with Crippen molar-refractivity contribution in [2.75, 3.05) is 0 Å². The van der Waals surface area contributed by atoms with Crippen LogP contribution >= 0.6 is 11.3 Å². The predicted molar refractivity (Wildman–Crippen MR) is 76.9 cm³/mol. The molecule has 98 valence electrons. The quantitative estimate of drug-likeness (QED) is 0.891. The third-order valence-electron chi connectivity index (χ3n) is 3.17. The van der Waals surface area contributed by atoms with E-state index in [9.17, 15) is 0 Å². The van der Waals surface area contributed by atoms with Crippen LogP contribution < -0.4 is 5.32 Å². The molecule has 0 bridgehead atoms. The summed E-state index contributed by atoms with van der Waals surface area (Å²) in [6, 6.07) is 5.09. The van der Waals surface area contributed by atoms with Crippen molar-refractivity contribution < 1.29 is 0 Å². The van der Waals surface area contributed by atoms with Gasteiger partial charge >= 0.3 is 0 Å². The molecule has 0 aromatic carbocycles. The van der Waals surface area contributed by atoms with Gasteiger partial charge in [0.05, 0.1) is 6.20 Å². The van der Waals surface area contributed by atoms with Crippen molar-refractivity contribution in [3.05, 3.63) is 39.8 Å². The van der Waals surface area contributed by atoms with Crippen molar-refractivity contribution in [1.29, 1.82) is 0 Å². The van der Waals surface area contributed by atoms with E-state index in [1.54, 1.807) is 0 Å². The molecule has 2 aromatic heterocycles. The Morgan fingerprint density at radius 2 is 2.11 bits per heavy atom. The fourth-order valence-corrected chi connectivity index (χ4v) is 2.90. The summed E-state index contributed by atoms with van der Waals surface area (Å²) in [5, 5.41) is 7.94. The van der Waals surface area contributed by atoms with E-state index in [1.165, 1.54) is 15.3 Å². The molecule has 2 rings (SSSR count). The zero-order valence-corrected chi connectivity index (χ0v) is 12.3. The molecule has 18 heavy (non-hydrogen) atoms. The van der Waals surface area contributed by atoms with Gasteiger partial charge in [-0.25, -0.2) is 0 Å². The first-order valence-electron chi connectivity index (χ1n) is 6.45. The number of nitrogens with zero attached hydrogens (tertiary/aromatic N) is 2. The Labute approximate surface area is 113 Å². The summed E-state index contributed by atoms with van der Waals surface area (Å²) in [7, 11) is 0. The molecule has 0 spiro atoms. The van der Waals surface area contributed by atoms with E-state index in [4.69, 9.17) is 0 Å². The molecule has 3 nitrogen and oxygen atoms in total. The van der Waals surface area contributed by atoms with Crippen molar-refractivity contribution in [3.63, 3.8) is 0 Å². The highest BCUT2D eigenvalue weighted by molar-refractivity contribution is 7.12. The molecule has 2 aromatic rings. The molecule has 0 saturated heterocycles. The Balaban J connectivity index is 2.00. The highest BCUT2D eigenvalue weighted by Crippen LogP contribution is 2.25. The van der Waals surface area contributed by atoms with Crippen LogP contribution in [0.25, 0.3) is 0 Å². The van der Waals surface area contributed by atoms with Crippen LogP contribution in [0.5, 0.6) is 0 Å². The second-order valence-corrected chi connectivity index (χ2v) is 6.01. The standard InChI is InChI=1S/C14H21N3S/c1-5-17-9-13(8-15-17)11(3)16-12(4)14-7-6-10(2)18-14/h6-9,11-12,16H,5H2,1-4H3. The molecule has 1 N–H and O–H groups in total. The van der Waals surface area contributed by atoms with Crippen molar-refractivity contribution in [2.45, 2.75) is 46.3 Å². The van der Waals surface area contributed by atoms with Gasteiger partial charge in [-0.2, -0.15) is 5.10 Å². The Hall–Kier alpha value is -1.13. The molecule has 0 saturated carbocycles. The zero-order valence-electron chi connectivity index (χ0n) is 11.5. The molecular weight excluding hydrogens is 242 g/mol. The van der Waals surface area contributed by atoms with Gasteiger partial charge in [0.15, 0.2) is 0 Å². The summed E-state index contributed by atoms with van der Waals surface area (Å²) in [4.78, 5) is 2.76. The molecular formula is C14H21N3S. The smallest absolute Gasteiger partial charge is 0.0537 e. The highest BCUT2D eigenvalue weighted by Gasteiger charge is 2.13. The SMILES string of the molecule is CCn1cc(C(C)NC(C)c2ccc(C)s2)cn1. The van der Waals surface area contributed by atoms with Crippen LogP contribution in [0.4, 0.5) is 0 Å². The third kappa shape index (κ3) is 3.00. The average molecular weight is 263 g/mol. The van der Waals surface area contributed by atoms with E-state index in [2.05, 4.69) is 56.4 Å². The first kappa shape index (κ1) is 13.3. The zero-order chi connectivity index (χ0) is 13.1.